The van der Waals surface area contributed by atoms with E-state index in [1.54, 1.807) is 17.0 Å². The number of nitrogens with zero attached hydrogens (tertiary/aromatic N) is 1. The highest BCUT2D eigenvalue weighted by Gasteiger charge is 2.27. The van der Waals surface area contributed by atoms with Gasteiger partial charge in [0.2, 0.25) is 0 Å². The quantitative estimate of drug-likeness (QED) is 0.921. The molecule has 1 fully saturated rings. The Kier molecular flexibility index (Phi) is 4.73. The fourth-order valence-electron chi connectivity index (χ4n) is 2.39. The average molecular weight is 300 g/mol. The smallest absolute Gasteiger partial charge is 0.254 e. The van der Waals surface area contributed by atoms with Crippen molar-refractivity contribution in [1.82, 2.24) is 4.90 Å². The molecule has 110 valence electrons. The Bertz CT molecular complexity index is 506. The number of methoxy groups -OCH3 is 2. The summed E-state index contributed by atoms with van der Waals surface area (Å²) in [5.41, 5.74) is 0.464. The van der Waals surface area contributed by atoms with Gasteiger partial charge in [-0.3, -0.25) is 4.79 Å². The fourth-order valence-corrected chi connectivity index (χ4v) is 2.68. The van der Waals surface area contributed by atoms with Gasteiger partial charge < -0.3 is 19.5 Å². The van der Waals surface area contributed by atoms with Crippen molar-refractivity contribution < 1.29 is 19.4 Å². The normalized spacial score (nSPS) is 18.2. The van der Waals surface area contributed by atoms with Crippen LogP contribution in [0.2, 0.25) is 5.02 Å². The lowest BCUT2D eigenvalue weighted by molar-refractivity contribution is 0.0781. The van der Waals surface area contributed by atoms with Crippen molar-refractivity contribution in [3.05, 3.63) is 22.7 Å². The minimum atomic E-state index is -0.108. The molecule has 20 heavy (non-hydrogen) atoms. The number of hydrogen-bond acceptors (Lipinski definition) is 4. The largest absolute Gasteiger partial charge is 0.493 e. The minimum absolute atomic E-state index is 0.108. The first-order valence-corrected chi connectivity index (χ1v) is 6.80. The van der Waals surface area contributed by atoms with Gasteiger partial charge >= 0.3 is 0 Å². The van der Waals surface area contributed by atoms with Crippen molar-refractivity contribution in [2.24, 2.45) is 5.92 Å². The maximum atomic E-state index is 12.4. The number of carbonyl (C=O) groups excluding carboxylic acids is 1. The van der Waals surface area contributed by atoms with E-state index in [-0.39, 0.29) is 18.4 Å². The Morgan fingerprint density at radius 1 is 1.45 bits per heavy atom. The summed E-state index contributed by atoms with van der Waals surface area (Å²) >= 11 is 6.10. The molecule has 1 heterocycles. The summed E-state index contributed by atoms with van der Waals surface area (Å²) < 4.78 is 10.3. The number of hydrogen-bond donors (Lipinski definition) is 1. The van der Waals surface area contributed by atoms with Crippen molar-refractivity contribution in [2.75, 3.05) is 33.9 Å². The standard InChI is InChI=1S/C14H18ClNO4/c1-19-12-6-10(5-11(15)13(12)20-2)14(18)16-4-3-9(7-16)8-17/h5-6,9,17H,3-4,7-8H2,1-2H3. The zero-order valence-electron chi connectivity index (χ0n) is 11.6. The topological polar surface area (TPSA) is 59.0 Å². The molecule has 0 saturated carbocycles. The molecule has 1 aromatic carbocycles. The molecule has 1 amide bonds. The van der Waals surface area contributed by atoms with Crippen LogP contribution in [-0.4, -0.2) is 49.8 Å². The number of likely N-dealkylation sites (tertiary alicyclic amines) is 1. The van der Waals surface area contributed by atoms with Crippen LogP contribution in [0.3, 0.4) is 0 Å². The van der Waals surface area contributed by atoms with Crippen molar-refractivity contribution in [3.8, 4) is 11.5 Å². The second-order valence-electron chi connectivity index (χ2n) is 4.78. The first kappa shape index (κ1) is 14.9. The Morgan fingerprint density at radius 2 is 2.20 bits per heavy atom. The van der Waals surface area contributed by atoms with Gasteiger partial charge in [-0.2, -0.15) is 0 Å². The van der Waals surface area contributed by atoms with Gasteiger partial charge in [0.25, 0.3) is 5.91 Å². The molecule has 5 nitrogen and oxygen atoms in total. The van der Waals surface area contributed by atoms with Crippen LogP contribution in [0.1, 0.15) is 16.8 Å². The summed E-state index contributed by atoms with van der Waals surface area (Å²) in [7, 11) is 3.00. The fraction of sp³-hybridized carbons (Fsp3) is 0.500. The second kappa shape index (κ2) is 6.33. The highest BCUT2D eigenvalue weighted by molar-refractivity contribution is 6.32. The zero-order valence-corrected chi connectivity index (χ0v) is 12.3. The number of rotatable bonds is 4. The first-order valence-electron chi connectivity index (χ1n) is 6.42. The van der Waals surface area contributed by atoms with E-state index < -0.39 is 0 Å². The molecule has 0 bridgehead atoms. The number of benzene rings is 1. The van der Waals surface area contributed by atoms with E-state index in [4.69, 9.17) is 26.2 Å². The van der Waals surface area contributed by atoms with Gasteiger partial charge in [-0.15, -0.1) is 0 Å². The molecule has 6 heteroatoms. The molecule has 0 aromatic heterocycles. The van der Waals surface area contributed by atoms with E-state index in [9.17, 15) is 4.79 Å². The lowest BCUT2D eigenvalue weighted by Crippen LogP contribution is -2.29. The molecule has 0 aliphatic carbocycles. The monoisotopic (exact) mass is 299 g/mol. The predicted molar refractivity (Wildman–Crippen MR) is 75.7 cm³/mol. The van der Waals surface area contributed by atoms with Crippen LogP contribution in [0.4, 0.5) is 0 Å². The molecule has 1 unspecified atom stereocenters. The number of ether oxygens (including phenoxy) is 2. The Labute approximate surface area is 123 Å². The van der Waals surface area contributed by atoms with Crippen molar-refractivity contribution in [1.29, 1.82) is 0 Å². The molecule has 2 rings (SSSR count). The SMILES string of the molecule is COc1cc(C(=O)N2CCC(CO)C2)cc(Cl)c1OC. The Balaban J connectivity index is 2.25. The Morgan fingerprint density at radius 3 is 2.75 bits per heavy atom. The van der Waals surface area contributed by atoms with Crippen LogP contribution in [0.5, 0.6) is 11.5 Å². The molecule has 0 radical (unpaired) electrons. The van der Waals surface area contributed by atoms with Gasteiger partial charge in [0.1, 0.15) is 0 Å². The number of carbonyl (C=O) groups is 1. The van der Waals surface area contributed by atoms with Crippen molar-refractivity contribution in [3.63, 3.8) is 0 Å². The van der Waals surface area contributed by atoms with Crippen LogP contribution in [0.25, 0.3) is 0 Å². The van der Waals surface area contributed by atoms with Crippen molar-refractivity contribution >= 4 is 17.5 Å². The lowest BCUT2D eigenvalue weighted by atomic mass is 10.1. The third-order valence-electron chi connectivity index (χ3n) is 3.51. The average Bonchev–Trinajstić information content (AvgIpc) is 2.94. The summed E-state index contributed by atoms with van der Waals surface area (Å²) in [6, 6.07) is 3.21. The molecule has 1 aliphatic heterocycles. The van der Waals surface area contributed by atoms with E-state index in [1.807, 2.05) is 0 Å². The molecule has 1 aliphatic rings. The third kappa shape index (κ3) is 2.83. The minimum Gasteiger partial charge on any atom is -0.493 e. The number of aliphatic hydroxyl groups excluding tert-OH is 1. The summed E-state index contributed by atoms with van der Waals surface area (Å²) in [6.07, 6.45) is 0.823. The zero-order chi connectivity index (χ0) is 14.7. The van der Waals surface area contributed by atoms with Crippen LogP contribution in [0.15, 0.2) is 12.1 Å². The number of amides is 1. The van der Waals surface area contributed by atoms with E-state index in [0.717, 1.165) is 6.42 Å². The molecule has 1 atom stereocenters. The summed E-state index contributed by atoms with van der Waals surface area (Å²) in [4.78, 5) is 14.1. The first-order chi connectivity index (χ1) is 9.60. The van der Waals surface area contributed by atoms with Crippen LogP contribution >= 0.6 is 11.6 Å². The van der Waals surface area contributed by atoms with Gasteiger partial charge in [0.05, 0.1) is 19.2 Å². The summed E-state index contributed by atoms with van der Waals surface area (Å²) in [5, 5.41) is 9.48. The molecule has 1 saturated heterocycles. The lowest BCUT2D eigenvalue weighted by Gasteiger charge is -2.18. The number of aliphatic hydroxyl groups is 1. The maximum Gasteiger partial charge on any atom is 0.254 e. The second-order valence-corrected chi connectivity index (χ2v) is 5.19. The molecular formula is C14H18ClNO4. The van der Waals surface area contributed by atoms with E-state index in [0.29, 0.717) is 35.2 Å². The molecule has 1 aromatic rings. The van der Waals surface area contributed by atoms with Gasteiger partial charge in [0.15, 0.2) is 11.5 Å². The van der Waals surface area contributed by atoms with E-state index >= 15 is 0 Å². The van der Waals surface area contributed by atoms with E-state index in [1.165, 1.54) is 14.2 Å². The maximum absolute atomic E-state index is 12.4. The summed E-state index contributed by atoms with van der Waals surface area (Å²) in [5.74, 6) is 0.903. The van der Waals surface area contributed by atoms with Crippen LogP contribution in [0, 0.1) is 5.92 Å². The summed E-state index contributed by atoms with van der Waals surface area (Å²) in [6.45, 7) is 1.33. The van der Waals surface area contributed by atoms with Crippen molar-refractivity contribution in [2.45, 2.75) is 6.42 Å². The highest BCUT2D eigenvalue weighted by Crippen LogP contribution is 2.36. The molecule has 0 spiro atoms. The molecular weight excluding hydrogens is 282 g/mol. The highest BCUT2D eigenvalue weighted by atomic mass is 35.5. The van der Waals surface area contributed by atoms with Crippen LogP contribution in [-0.2, 0) is 0 Å². The Hall–Kier alpha value is -1.46. The van der Waals surface area contributed by atoms with Gasteiger partial charge in [-0.25, -0.2) is 0 Å². The molecule has 1 N–H and O–H groups in total. The van der Waals surface area contributed by atoms with Gasteiger partial charge in [-0.05, 0) is 18.6 Å². The van der Waals surface area contributed by atoms with E-state index in [2.05, 4.69) is 0 Å². The van der Waals surface area contributed by atoms with Gasteiger partial charge in [-0.1, -0.05) is 11.6 Å². The third-order valence-corrected chi connectivity index (χ3v) is 3.79. The van der Waals surface area contributed by atoms with Gasteiger partial charge in [0, 0.05) is 31.2 Å². The van der Waals surface area contributed by atoms with Crippen LogP contribution < -0.4 is 9.47 Å². The predicted octanol–water partition coefficient (Wildman–Crippen LogP) is 1.81. The number of halogens is 1.